The van der Waals surface area contributed by atoms with Gasteiger partial charge in [-0.25, -0.2) is 0 Å². The number of likely N-dealkylation sites (tertiary alicyclic amines) is 1. The fourth-order valence-electron chi connectivity index (χ4n) is 3.27. The van der Waals surface area contributed by atoms with Crippen LogP contribution in [0.4, 0.5) is 0 Å². The molecular weight excluding hydrogens is 312 g/mol. The first-order valence-electron chi connectivity index (χ1n) is 7.86. The zero-order valence-electron chi connectivity index (χ0n) is 13.2. The molecule has 0 spiro atoms. The van der Waals surface area contributed by atoms with Crippen molar-refractivity contribution in [2.75, 3.05) is 13.1 Å². The molecule has 0 bridgehead atoms. The van der Waals surface area contributed by atoms with E-state index in [0.29, 0.717) is 16.6 Å². The first kappa shape index (κ1) is 16.1. The number of hydrogen-bond donors (Lipinski definition) is 1. The highest BCUT2D eigenvalue weighted by molar-refractivity contribution is 6.31. The van der Waals surface area contributed by atoms with E-state index in [4.69, 9.17) is 11.6 Å². The Morgan fingerprint density at radius 1 is 1.35 bits per heavy atom. The van der Waals surface area contributed by atoms with E-state index in [1.54, 1.807) is 16.8 Å². The van der Waals surface area contributed by atoms with Crippen molar-refractivity contribution in [2.24, 2.45) is 13.0 Å². The standard InChI is InChI=1S/C18H21ClN2O2/c1-20-11-16(19)9-17(20)18(23)21-6-5-14(10-21)7-13-3-2-4-15(8-13)12-22/h2-4,8-9,11,14,22H,5-7,10,12H2,1H3/t14-/m1/s1. The minimum absolute atomic E-state index is 0.0472. The van der Waals surface area contributed by atoms with Gasteiger partial charge in [0.15, 0.2) is 0 Å². The van der Waals surface area contributed by atoms with Crippen LogP contribution in [0.2, 0.25) is 5.02 Å². The van der Waals surface area contributed by atoms with E-state index in [1.165, 1.54) is 5.56 Å². The molecule has 0 unspecified atom stereocenters. The van der Waals surface area contributed by atoms with Gasteiger partial charge in [0, 0.05) is 26.3 Å². The van der Waals surface area contributed by atoms with Crippen LogP contribution >= 0.6 is 11.6 Å². The van der Waals surface area contributed by atoms with Gasteiger partial charge in [-0.2, -0.15) is 0 Å². The first-order valence-corrected chi connectivity index (χ1v) is 8.24. The Labute approximate surface area is 141 Å². The molecule has 5 heteroatoms. The maximum Gasteiger partial charge on any atom is 0.270 e. The maximum absolute atomic E-state index is 12.6. The van der Waals surface area contributed by atoms with Crippen molar-refractivity contribution in [1.29, 1.82) is 0 Å². The van der Waals surface area contributed by atoms with E-state index in [2.05, 4.69) is 6.07 Å². The lowest BCUT2D eigenvalue weighted by Gasteiger charge is -2.17. The number of hydrogen-bond acceptors (Lipinski definition) is 2. The van der Waals surface area contributed by atoms with Crippen molar-refractivity contribution in [3.63, 3.8) is 0 Å². The zero-order valence-corrected chi connectivity index (χ0v) is 14.0. The number of aryl methyl sites for hydroxylation is 1. The lowest BCUT2D eigenvalue weighted by Crippen LogP contribution is -2.30. The molecule has 122 valence electrons. The van der Waals surface area contributed by atoms with Gasteiger partial charge >= 0.3 is 0 Å². The lowest BCUT2D eigenvalue weighted by molar-refractivity contribution is 0.0777. The summed E-state index contributed by atoms with van der Waals surface area (Å²) in [6, 6.07) is 9.75. The number of nitrogens with zero attached hydrogens (tertiary/aromatic N) is 2. The van der Waals surface area contributed by atoms with E-state index in [-0.39, 0.29) is 12.5 Å². The molecule has 23 heavy (non-hydrogen) atoms. The average molecular weight is 333 g/mol. The molecule has 1 aliphatic rings. The first-order chi connectivity index (χ1) is 11.1. The van der Waals surface area contributed by atoms with Gasteiger partial charge in [0.1, 0.15) is 5.69 Å². The van der Waals surface area contributed by atoms with Crippen molar-refractivity contribution in [2.45, 2.75) is 19.4 Å². The van der Waals surface area contributed by atoms with Crippen LogP contribution in [0.5, 0.6) is 0 Å². The number of amides is 1. The summed E-state index contributed by atoms with van der Waals surface area (Å²) >= 11 is 5.97. The van der Waals surface area contributed by atoms with Crippen molar-refractivity contribution < 1.29 is 9.90 Å². The Morgan fingerprint density at radius 3 is 2.83 bits per heavy atom. The van der Waals surface area contributed by atoms with Crippen LogP contribution in [0.3, 0.4) is 0 Å². The molecule has 1 aliphatic heterocycles. The average Bonchev–Trinajstić information content (AvgIpc) is 3.13. The Balaban J connectivity index is 1.64. The molecule has 0 saturated carbocycles. The molecular formula is C18H21ClN2O2. The van der Waals surface area contributed by atoms with Crippen LogP contribution in [0.25, 0.3) is 0 Å². The van der Waals surface area contributed by atoms with Crippen molar-refractivity contribution in [3.8, 4) is 0 Å². The number of rotatable bonds is 4. The summed E-state index contributed by atoms with van der Waals surface area (Å²) < 4.78 is 1.78. The van der Waals surface area contributed by atoms with Crippen LogP contribution < -0.4 is 0 Å². The third kappa shape index (κ3) is 3.59. The Bertz CT molecular complexity index is 711. The highest BCUT2D eigenvalue weighted by Crippen LogP contribution is 2.24. The van der Waals surface area contributed by atoms with E-state index in [0.717, 1.165) is 31.5 Å². The zero-order chi connectivity index (χ0) is 16.4. The summed E-state index contributed by atoms with van der Waals surface area (Å²) in [4.78, 5) is 14.5. The van der Waals surface area contributed by atoms with Gasteiger partial charge in [0.2, 0.25) is 0 Å². The Hall–Kier alpha value is -1.78. The minimum Gasteiger partial charge on any atom is -0.392 e. The largest absolute Gasteiger partial charge is 0.392 e. The van der Waals surface area contributed by atoms with Gasteiger partial charge in [-0.15, -0.1) is 0 Å². The second kappa shape index (κ2) is 6.77. The number of benzene rings is 1. The second-order valence-electron chi connectivity index (χ2n) is 6.24. The number of aliphatic hydroxyl groups is 1. The van der Waals surface area contributed by atoms with E-state index in [9.17, 15) is 9.90 Å². The molecule has 0 aliphatic carbocycles. The van der Waals surface area contributed by atoms with E-state index in [1.807, 2.05) is 30.1 Å². The van der Waals surface area contributed by atoms with Gasteiger partial charge in [0.05, 0.1) is 11.6 Å². The molecule has 1 amide bonds. The summed E-state index contributed by atoms with van der Waals surface area (Å²) in [6.45, 7) is 1.62. The number of carbonyl (C=O) groups excluding carboxylic acids is 1. The van der Waals surface area contributed by atoms with Crippen LogP contribution in [0.1, 0.15) is 28.0 Å². The molecule has 1 atom stereocenters. The van der Waals surface area contributed by atoms with E-state index >= 15 is 0 Å². The molecule has 1 N–H and O–H groups in total. The van der Waals surface area contributed by atoms with Crippen LogP contribution in [0.15, 0.2) is 36.5 Å². The highest BCUT2D eigenvalue weighted by Gasteiger charge is 2.28. The van der Waals surface area contributed by atoms with Crippen molar-refractivity contribution >= 4 is 17.5 Å². The molecule has 1 aromatic carbocycles. The molecule has 4 nitrogen and oxygen atoms in total. The molecule has 2 heterocycles. The molecule has 0 radical (unpaired) electrons. The topological polar surface area (TPSA) is 45.5 Å². The Morgan fingerprint density at radius 2 is 2.13 bits per heavy atom. The quantitative estimate of drug-likeness (QED) is 0.935. The van der Waals surface area contributed by atoms with Gasteiger partial charge < -0.3 is 14.6 Å². The third-order valence-corrected chi connectivity index (χ3v) is 4.67. The fourth-order valence-corrected chi connectivity index (χ4v) is 3.52. The normalized spacial score (nSPS) is 17.7. The van der Waals surface area contributed by atoms with Gasteiger partial charge in [-0.05, 0) is 36.0 Å². The summed E-state index contributed by atoms with van der Waals surface area (Å²) in [6.07, 6.45) is 3.70. The molecule has 1 saturated heterocycles. The van der Waals surface area contributed by atoms with Gasteiger partial charge in [0.25, 0.3) is 5.91 Å². The lowest BCUT2D eigenvalue weighted by atomic mass is 9.97. The minimum atomic E-state index is 0.0472. The fraction of sp³-hybridized carbons (Fsp3) is 0.389. The maximum atomic E-state index is 12.6. The molecule has 2 aromatic rings. The van der Waals surface area contributed by atoms with Gasteiger partial charge in [-0.3, -0.25) is 4.79 Å². The van der Waals surface area contributed by atoms with Crippen molar-refractivity contribution in [1.82, 2.24) is 9.47 Å². The molecule has 3 rings (SSSR count). The second-order valence-corrected chi connectivity index (χ2v) is 6.68. The summed E-state index contributed by atoms with van der Waals surface area (Å²) in [7, 11) is 1.84. The van der Waals surface area contributed by atoms with Gasteiger partial charge in [-0.1, -0.05) is 35.9 Å². The van der Waals surface area contributed by atoms with Crippen LogP contribution in [-0.4, -0.2) is 33.6 Å². The van der Waals surface area contributed by atoms with E-state index < -0.39 is 0 Å². The monoisotopic (exact) mass is 332 g/mol. The molecule has 1 aromatic heterocycles. The number of carbonyl (C=O) groups is 1. The highest BCUT2D eigenvalue weighted by atomic mass is 35.5. The number of halogens is 1. The summed E-state index contributed by atoms with van der Waals surface area (Å²) in [5.41, 5.74) is 2.79. The smallest absolute Gasteiger partial charge is 0.270 e. The summed E-state index contributed by atoms with van der Waals surface area (Å²) in [5, 5.41) is 9.82. The Kier molecular flexibility index (Phi) is 4.74. The SMILES string of the molecule is Cn1cc(Cl)cc1C(=O)N1CC[C@H](Cc2cccc(CO)c2)C1. The van der Waals surface area contributed by atoms with Crippen LogP contribution in [-0.2, 0) is 20.1 Å². The molecule has 1 fully saturated rings. The summed E-state index contributed by atoms with van der Waals surface area (Å²) in [5.74, 6) is 0.509. The van der Waals surface area contributed by atoms with Crippen molar-refractivity contribution in [3.05, 3.63) is 58.4 Å². The predicted octanol–water partition coefficient (Wildman–Crippen LogP) is 2.88. The number of aromatic nitrogens is 1. The predicted molar refractivity (Wildman–Crippen MR) is 90.5 cm³/mol. The number of aliphatic hydroxyl groups excluding tert-OH is 1. The third-order valence-electron chi connectivity index (χ3n) is 4.46. The van der Waals surface area contributed by atoms with Crippen LogP contribution in [0, 0.1) is 5.92 Å².